The second-order valence-corrected chi connectivity index (χ2v) is 2.37. The molecule has 0 fully saturated rings. The topological polar surface area (TPSA) is 24.1 Å². The molecule has 0 radical (unpaired) electrons. The van der Waals surface area contributed by atoms with Gasteiger partial charge in [0.05, 0.1) is 0 Å². The van der Waals surface area contributed by atoms with Gasteiger partial charge in [0.2, 0.25) is 0 Å². The van der Waals surface area contributed by atoms with Crippen LogP contribution in [0.1, 0.15) is 12.5 Å². The second-order valence-electron chi connectivity index (χ2n) is 2.37. The molecule has 0 unspecified atom stereocenters. The molecule has 0 heterocycles. The van der Waals surface area contributed by atoms with E-state index in [0.717, 1.165) is 13.1 Å². The van der Waals surface area contributed by atoms with Gasteiger partial charge >= 0.3 is 0 Å². The second kappa shape index (κ2) is 4.88. The molecule has 11 heavy (non-hydrogen) atoms. The molecule has 1 rings (SSSR count). The molecule has 0 aliphatic heterocycles. The van der Waals surface area contributed by atoms with Gasteiger partial charge in [0.15, 0.2) is 0 Å². The highest BCUT2D eigenvalue weighted by Crippen LogP contribution is 1.95. The predicted octanol–water partition coefficient (Wildman–Crippen LogP) is 1.30. The third kappa shape index (κ3) is 3.16. The molecule has 0 aliphatic rings. The van der Waals surface area contributed by atoms with Crippen LogP contribution in [0.25, 0.3) is 0 Å². The van der Waals surface area contributed by atoms with E-state index in [2.05, 4.69) is 29.9 Å². The molecule has 0 aromatic heterocycles. The van der Waals surface area contributed by atoms with Gasteiger partial charge in [-0.05, 0) is 5.56 Å². The van der Waals surface area contributed by atoms with E-state index < -0.39 is 0 Å². The highest BCUT2D eigenvalue weighted by atomic mass is 15.3. The van der Waals surface area contributed by atoms with Crippen molar-refractivity contribution < 1.29 is 0 Å². The Morgan fingerprint density at radius 2 is 1.82 bits per heavy atom. The molecule has 0 aliphatic carbocycles. The minimum Gasteiger partial charge on any atom is -0.258 e. The molecule has 2 nitrogen and oxygen atoms in total. The average molecular weight is 150 g/mol. The quantitative estimate of drug-likeness (QED) is 0.499. The summed E-state index contributed by atoms with van der Waals surface area (Å²) in [6.45, 7) is 3.90. The Bertz CT molecular complexity index is 184. The van der Waals surface area contributed by atoms with Crippen LogP contribution in [0, 0.1) is 0 Å². The first-order chi connectivity index (χ1) is 5.43. The van der Waals surface area contributed by atoms with Crippen LogP contribution in [0.2, 0.25) is 0 Å². The van der Waals surface area contributed by atoms with E-state index in [1.807, 2.05) is 18.2 Å². The van der Waals surface area contributed by atoms with E-state index in [4.69, 9.17) is 0 Å². The van der Waals surface area contributed by atoms with E-state index in [0.29, 0.717) is 0 Å². The molecule has 60 valence electrons. The Labute approximate surface area is 67.6 Å². The zero-order valence-corrected chi connectivity index (χ0v) is 6.80. The van der Waals surface area contributed by atoms with Crippen molar-refractivity contribution in [2.75, 3.05) is 6.54 Å². The highest BCUT2D eigenvalue weighted by Gasteiger charge is 1.86. The van der Waals surface area contributed by atoms with Crippen molar-refractivity contribution in [2.45, 2.75) is 13.5 Å². The first-order valence-electron chi connectivity index (χ1n) is 3.93. The van der Waals surface area contributed by atoms with Gasteiger partial charge in [-0.2, -0.15) is 0 Å². The summed E-state index contributed by atoms with van der Waals surface area (Å²) < 4.78 is 0. The Balaban J connectivity index is 2.28. The molecule has 0 saturated heterocycles. The van der Waals surface area contributed by atoms with Crippen molar-refractivity contribution in [3.63, 3.8) is 0 Å². The van der Waals surface area contributed by atoms with Crippen LogP contribution in [0.15, 0.2) is 30.3 Å². The van der Waals surface area contributed by atoms with Gasteiger partial charge in [0, 0.05) is 13.1 Å². The van der Waals surface area contributed by atoms with Crippen LogP contribution in [-0.2, 0) is 6.54 Å². The maximum Gasteiger partial charge on any atom is 0.0351 e. The number of benzene rings is 1. The Hall–Kier alpha value is -0.860. The largest absolute Gasteiger partial charge is 0.258 e. The van der Waals surface area contributed by atoms with Gasteiger partial charge in [-0.1, -0.05) is 37.3 Å². The lowest BCUT2D eigenvalue weighted by atomic mass is 10.2. The fourth-order valence-electron chi connectivity index (χ4n) is 0.885. The summed E-state index contributed by atoms with van der Waals surface area (Å²) in [5, 5.41) is 0. The molecule has 2 N–H and O–H groups in total. The summed E-state index contributed by atoms with van der Waals surface area (Å²) in [5.41, 5.74) is 7.45. The van der Waals surface area contributed by atoms with Gasteiger partial charge in [0.25, 0.3) is 0 Å². The number of nitrogens with one attached hydrogen (secondary N) is 2. The number of hydrogen-bond donors (Lipinski definition) is 2. The monoisotopic (exact) mass is 150 g/mol. The molecule has 1 aromatic rings. The van der Waals surface area contributed by atoms with Crippen LogP contribution in [-0.4, -0.2) is 6.54 Å². The molecule has 0 spiro atoms. The Morgan fingerprint density at radius 1 is 1.09 bits per heavy atom. The standard InChI is InChI=1S/C9H14N2/c1-2-10-11-8-9-6-4-3-5-7-9/h3-7,10-11H,2,8H2,1H3. The minimum absolute atomic E-state index is 0.884. The SMILES string of the molecule is CCNNCc1ccccc1. The Morgan fingerprint density at radius 3 is 2.45 bits per heavy atom. The van der Waals surface area contributed by atoms with Crippen LogP contribution in [0.5, 0.6) is 0 Å². The van der Waals surface area contributed by atoms with Crippen molar-refractivity contribution in [1.29, 1.82) is 0 Å². The first kappa shape index (κ1) is 8.24. The minimum atomic E-state index is 0.884. The summed E-state index contributed by atoms with van der Waals surface area (Å²) in [6.07, 6.45) is 0. The first-order valence-corrected chi connectivity index (χ1v) is 3.93. The van der Waals surface area contributed by atoms with E-state index >= 15 is 0 Å². The highest BCUT2D eigenvalue weighted by molar-refractivity contribution is 5.13. The summed E-state index contributed by atoms with van der Waals surface area (Å²) in [6, 6.07) is 10.3. The fraction of sp³-hybridized carbons (Fsp3) is 0.333. The lowest BCUT2D eigenvalue weighted by Gasteiger charge is -2.03. The van der Waals surface area contributed by atoms with Crippen LogP contribution >= 0.6 is 0 Å². The molecule has 0 bridgehead atoms. The zero-order chi connectivity index (χ0) is 7.94. The fourth-order valence-corrected chi connectivity index (χ4v) is 0.885. The summed E-state index contributed by atoms with van der Waals surface area (Å²) >= 11 is 0. The van der Waals surface area contributed by atoms with Crippen molar-refractivity contribution >= 4 is 0 Å². The molecule has 0 saturated carbocycles. The van der Waals surface area contributed by atoms with Crippen molar-refractivity contribution in [1.82, 2.24) is 10.9 Å². The summed E-state index contributed by atoms with van der Waals surface area (Å²) in [4.78, 5) is 0. The molecular formula is C9H14N2. The summed E-state index contributed by atoms with van der Waals surface area (Å²) in [5.74, 6) is 0. The smallest absolute Gasteiger partial charge is 0.0351 e. The molecular weight excluding hydrogens is 136 g/mol. The van der Waals surface area contributed by atoms with Gasteiger partial charge < -0.3 is 0 Å². The lowest BCUT2D eigenvalue weighted by molar-refractivity contribution is 0.550. The normalized spacial score (nSPS) is 9.91. The molecule has 0 amide bonds. The average Bonchev–Trinajstić information content (AvgIpc) is 2.07. The van der Waals surface area contributed by atoms with E-state index in [1.54, 1.807) is 0 Å². The third-order valence-electron chi connectivity index (χ3n) is 1.44. The summed E-state index contributed by atoms with van der Waals surface area (Å²) in [7, 11) is 0. The van der Waals surface area contributed by atoms with Crippen molar-refractivity contribution in [2.24, 2.45) is 0 Å². The number of hydrogen-bond acceptors (Lipinski definition) is 2. The Kier molecular flexibility index (Phi) is 3.65. The number of hydrazine groups is 1. The van der Waals surface area contributed by atoms with Gasteiger partial charge in [-0.3, -0.25) is 10.9 Å². The van der Waals surface area contributed by atoms with Crippen LogP contribution < -0.4 is 10.9 Å². The number of rotatable bonds is 4. The van der Waals surface area contributed by atoms with Crippen molar-refractivity contribution in [3.8, 4) is 0 Å². The van der Waals surface area contributed by atoms with Gasteiger partial charge in [-0.25, -0.2) is 0 Å². The van der Waals surface area contributed by atoms with Crippen LogP contribution in [0.4, 0.5) is 0 Å². The maximum atomic E-state index is 3.10. The van der Waals surface area contributed by atoms with E-state index in [9.17, 15) is 0 Å². The molecule has 2 heteroatoms. The molecule has 0 atom stereocenters. The van der Waals surface area contributed by atoms with Gasteiger partial charge in [0.1, 0.15) is 0 Å². The lowest BCUT2D eigenvalue weighted by Crippen LogP contribution is -2.30. The third-order valence-corrected chi connectivity index (χ3v) is 1.44. The predicted molar refractivity (Wildman–Crippen MR) is 47.0 cm³/mol. The van der Waals surface area contributed by atoms with Crippen LogP contribution in [0.3, 0.4) is 0 Å². The maximum absolute atomic E-state index is 3.10. The zero-order valence-electron chi connectivity index (χ0n) is 6.80. The van der Waals surface area contributed by atoms with E-state index in [1.165, 1.54) is 5.56 Å². The van der Waals surface area contributed by atoms with Crippen molar-refractivity contribution in [3.05, 3.63) is 35.9 Å². The van der Waals surface area contributed by atoms with Gasteiger partial charge in [-0.15, -0.1) is 0 Å². The molecule has 1 aromatic carbocycles. The van der Waals surface area contributed by atoms with E-state index in [-0.39, 0.29) is 0 Å².